The van der Waals surface area contributed by atoms with Crippen LogP contribution in [-0.4, -0.2) is 53.3 Å². The summed E-state index contributed by atoms with van der Waals surface area (Å²) in [5, 5.41) is 5.59. The van der Waals surface area contributed by atoms with Gasteiger partial charge in [0.1, 0.15) is 5.69 Å². The van der Waals surface area contributed by atoms with Crippen LogP contribution in [0.2, 0.25) is 0 Å². The molecule has 1 aromatic heterocycles. The van der Waals surface area contributed by atoms with Gasteiger partial charge in [0.05, 0.1) is 5.75 Å². The molecule has 25 heavy (non-hydrogen) atoms. The number of piperidine rings is 1. The fourth-order valence-corrected chi connectivity index (χ4v) is 4.46. The molecule has 11 heteroatoms. The van der Waals surface area contributed by atoms with Crippen LogP contribution in [-0.2, 0) is 23.2 Å². The number of hydrogen-bond donors (Lipinski definition) is 1. The van der Waals surface area contributed by atoms with Crippen LogP contribution in [0, 0.1) is 0 Å². The highest BCUT2D eigenvalue weighted by molar-refractivity contribution is 7.89. The van der Waals surface area contributed by atoms with E-state index in [1.54, 1.807) is 0 Å². The lowest BCUT2D eigenvalue weighted by Gasteiger charge is -2.32. The summed E-state index contributed by atoms with van der Waals surface area (Å²) < 4.78 is 64.7. The maximum Gasteiger partial charge on any atom is 0.435 e. The second-order valence-electron chi connectivity index (χ2n) is 6.06. The smallest absolute Gasteiger partial charge is 0.350 e. The molecule has 1 aliphatic heterocycles. The number of aryl methyl sites for hydroxylation is 1. The van der Waals surface area contributed by atoms with E-state index in [1.807, 2.05) is 6.92 Å². The zero-order valence-electron chi connectivity index (χ0n) is 14.0. The Hall–Kier alpha value is -1.62. The minimum Gasteiger partial charge on any atom is -0.350 e. The number of nitrogens with one attached hydrogen (secondary N) is 1. The fraction of sp³-hybridized carbons (Fsp3) is 0.714. The number of aromatic nitrogens is 2. The third-order valence-electron chi connectivity index (χ3n) is 4.15. The average molecular weight is 382 g/mol. The molecule has 1 unspecified atom stereocenters. The molecular formula is C14H21F3N4O3S. The predicted molar refractivity (Wildman–Crippen MR) is 84.3 cm³/mol. The Labute approximate surface area is 144 Å². The third kappa shape index (κ3) is 4.72. The molecule has 2 rings (SSSR count). The van der Waals surface area contributed by atoms with Crippen LogP contribution >= 0.6 is 0 Å². The van der Waals surface area contributed by atoms with Gasteiger partial charge in [-0.2, -0.15) is 22.6 Å². The number of carbonyl (C=O) groups excluding carboxylic acids is 1. The Kier molecular flexibility index (Phi) is 5.77. The molecule has 1 N–H and O–H groups in total. The summed E-state index contributed by atoms with van der Waals surface area (Å²) in [5.74, 6) is -1.10. The molecule has 1 atom stereocenters. The Morgan fingerprint density at radius 2 is 2.08 bits per heavy atom. The Morgan fingerprint density at radius 3 is 2.64 bits per heavy atom. The molecule has 1 aromatic rings. The van der Waals surface area contributed by atoms with E-state index in [1.165, 1.54) is 11.4 Å². The Bertz CT molecular complexity index is 730. The molecule has 0 radical (unpaired) electrons. The van der Waals surface area contributed by atoms with Crippen molar-refractivity contribution in [2.45, 2.75) is 38.4 Å². The Balaban J connectivity index is 1.95. The molecule has 0 spiro atoms. The van der Waals surface area contributed by atoms with Crippen molar-refractivity contribution in [1.82, 2.24) is 19.4 Å². The van der Waals surface area contributed by atoms with Crippen molar-refractivity contribution in [3.63, 3.8) is 0 Å². The van der Waals surface area contributed by atoms with Crippen molar-refractivity contribution in [2.75, 3.05) is 18.8 Å². The number of carbonyl (C=O) groups is 1. The standard InChI is InChI=1S/C14H21F3N4O3S/c1-10-5-3-4-7-21(10)25(23,24)8-6-18-13(22)11-9-12(14(15,16)17)19-20(11)2/h9-10H,3-8H2,1-2H3,(H,18,22). The molecule has 1 saturated heterocycles. The number of nitrogens with zero attached hydrogens (tertiary/aromatic N) is 3. The first-order valence-corrected chi connectivity index (χ1v) is 9.52. The first-order valence-electron chi connectivity index (χ1n) is 7.91. The largest absolute Gasteiger partial charge is 0.435 e. The van der Waals surface area contributed by atoms with E-state index in [0.29, 0.717) is 12.6 Å². The third-order valence-corrected chi connectivity index (χ3v) is 6.12. The van der Waals surface area contributed by atoms with Crippen molar-refractivity contribution in [3.05, 3.63) is 17.5 Å². The summed E-state index contributed by atoms with van der Waals surface area (Å²) in [6.45, 7) is 2.11. The number of rotatable bonds is 5. The van der Waals surface area contributed by atoms with Gasteiger partial charge in [0.15, 0.2) is 5.69 Å². The normalized spacial score (nSPS) is 19.8. The second-order valence-corrected chi connectivity index (χ2v) is 8.10. The molecule has 2 heterocycles. The summed E-state index contributed by atoms with van der Waals surface area (Å²) in [6, 6.07) is 0.553. The van der Waals surface area contributed by atoms with Crippen LogP contribution in [0.3, 0.4) is 0 Å². The lowest BCUT2D eigenvalue weighted by atomic mass is 10.1. The van der Waals surface area contributed by atoms with E-state index in [4.69, 9.17) is 0 Å². The average Bonchev–Trinajstić information content (AvgIpc) is 2.89. The van der Waals surface area contributed by atoms with Gasteiger partial charge in [0, 0.05) is 32.2 Å². The summed E-state index contributed by atoms with van der Waals surface area (Å²) in [6.07, 6.45) is -2.08. The van der Waals surface area contributed by atoms with Crippen molar-refractivity contribution in [1.29, 1.82) is 0 Å². The van der Waals surface area contributed by atoms with E-state index in [2.05, 4.69) is 10.4 Å². The molecule has 1 aliphatic rings. The number of halogens is 3. The first kappa shape index (κ1) is 19.7. The Morgan fingerprint density at radius 1 is 1.40 bits per heavy atom. The molecule has 142 valence electrons. The summed E-state index contributed by atoms with van der Waals surface area (Å²) in [5.41, 5.74) is -1.45. The molecule has 1 amide bonds. The lowest BCUT2D eigenvalue weighted by Crippen LogP contribution is -2.45. The van der Waals surface area contributed by atoms with Crippen LogP contribution in [0.4, 0.5) is 13.2 Å². The van der Waals surface area contributed by atoms with Crippen LogP contribution in [0.25, 0.3) is 0 Å². The quantitative estimate of drug-likeness (QED) is 0.834. The van der Waals surface area contributed by atoms with E-state index in [9.17, 15) is 26.4 Å². The maximum atomic E-state index is 12.6. The monoisotopic (exact) mass is 382 g/mol. The van der Waals surface area contributed by atoms with Gasteiger partial charge in [-0.3, -0.25) is 9.48 Å². The van der Waals surface area contributed by atoms with E-state index in [0.717, 1.165) is 23.9 Å². The fourth-order valence-electron chi connectivity index (χ4n) is 2.80. The minimum absolute atomic E-state index is 0.0825. The lowest BCUT2D eigenvalue weighted by molar-refractivity contribution is -0.141. The maximum absolute atomic E-state index is 12.6. The van der Waals surface area contributed by atoms with E-state index < -0.39 is 27.8 Å². The van der Waals surface area contributed by atoms with Gasteiger partial charge in [-0.25, -0.2) is 8.42 Å². The van der Waals surface area contributed by atoms with Crippen molar-refractivity contribution in [2.24, 2.45) is 7.05 Å². The number of amides is 1. The number of alkyl halides is 3. The molecule has 0 aliphatic carbocycles. The van der Waals surface area contributed by atoms with Crippen molar-refractivity contribution in [3.8, 4) is 0 Å². The topological polar surface area (TPSA) is 84.3 Å². The second kappa shape index (κ2) is 7.32. The highest BCUT2D eigenvalue weighted by Crippen LogP contribution is 2.28. The first-order chi connectivity index (χ1) is 11.5. The van der Waals surface area contributed by atoms with Gasteiger partial charge >= 0.3 is 6.18 Å². The molecule has 0 saturated carbocycles. The number of hydrogen-bond acceptors (Lipinski definition) is 4. The zero-order chi connectivity index (χ0) is 18.8. The van der Waals surface area contributed by atoms with Crippen molar-refractivity contribution >= 4 is 15.9 Å². The van der Waals surface area contributed by atoms with Gasteiger partial charge < -0.3 is 5.32 Å². The van der Waals surface area contributed by atoms with Gasteiger partial charge in [-0.1, -0.05) is 6.42 Å². The minimum atomic E-state index is -4.65. The molecular weight excluding hydrogens is 361 g/mol. The van der Waals surface area contributed by atoms with Crippen LogP contribution < -0.4 is 5.32 Å². The molecule has 1 fully saturated rings. The summed E-state index contributed by atoms with van der Waals surface area (Å²) in [4.78, 5) is 12.0. The van der Waals surface area contributed by atoms with Crippen molar-refractivity contribution < 1.29 is 26.4 Å². The zero-order valence-corrected chi connectivity index (χ0v) is 14.8. The summed E-state index contributed by atoms with van der Waals surface area (Å²) >= 11 is 0. The van der Waals surface area contributed by atoms with Crippen LogP contribution in [0.1, 0.15) is 42.4 Å². The highest BCUT2D eigenvalue weighted by atomic mass is 32.2. The van der Waals surface area contributed by atoms with Gasteiger partial charge in [0.2, 0.25) is 10.0 Å². The highest BCUT2D eigenvalue weighted by Gasteiger charge is 2.35. The van der Waals surface area contributed by atoms with Gasteiger partial charge in [0.25, 0.3) is 5.91 Å². The van der Waals surface area contributed by atoms with Crippen LogP contribution in [0.5, 0.6) is 0 Å². The van der Waals surface area contributed by atoms with Gasteiger partial charge in [-0.15, -0.1) is 0 Å². The van der Waals surface area contributed by atoms with Gasteiger partial charge in [-0.05, 0) is 19.8 Å². The summed E-state index contributed by atoms with van der Waals surface area (Å²) in [7, 11) is -2.30. The SMILES string of the molecule is CC1CCCCN1S(=O)(=O)CCNC(=O)c1cc(C(F)(F)F)nn1C. The van der Waals surface area contributed by atoms with E-state index in [-0.39, 0.29) is 24.0 Å². The molecule has 0 aromatic carbocycles. The molecule has 7 nitrogen and oxygen atoms in total. The number of sulfonamides is 1. The van der Waals surface area contributed by atoms with Crippen LogP contribution in [0.15, 0.2) is 6.07 Å². The van der Waals surface area contributed by atoms with E-state index >= 15 is 0 Å². The molecule has 0 bridgehead atoms. The predicted octanol–water partition coefficient (Wildman–Crippen LogP) is 1.37.